The van der Waals surface area contributed by atoms with Crippen molar-refractivity contribution in [2.45, 2.75) is 52.3 Å². The molecule has 0 fully saturated rings. The number of benzene rings is 3. The molecule has 0 radical (unpaired) electrons. The van der Waals surface area contributed by atoms with E-state index >= 15 is 0 Å². The van der Waals surface area contributed by atoms with Gasteiger partial charge >= 0.3 is 12.1 Å². The monoisotopic (exact) mass is 748 g/mol. The van der Waals surface area contributed by atoms with E-state index in [1.165, 1.54) is 30.6 Å². The number of hydrogen-bond donors (Lipinski definition) is 0. The van der Waals surface area contributed by atoms with Gasteiger partial charge in [0.15, 0.2) is 0 Å². The number of fused-ring (bicyclic) bond motifs is 3. The number of pyridine rings is 1. The third-order valence-electron chi connectivity index (χ3n) is 9.30. The molecule has 6 aromatic rings. The standard InChI is InChI=1S/C41H37FN4O5S2/c1-41(2,3)50-40(48)45-17-14-25-20-26(10-11-27(25)22-45)35-30-16-19-52-37(30)34(29-13-12-28(42)21-32(29)49-4)36(44-35)38-43-31-15-18-46(23-33(31)53-38)51-39(47)24-8-6-5-7-9-24/h5-13,16,19-21H,14-15,17-18,22-23H2,1-4H3. The van der Waals surface area contributed by atoms with Crippen molar-refractivity contribution in [2.24, 2.45) is 0 Å². The highest BCUT2D eigenvalue weighted by molar-refractivity contribution is 7.18. The Balaban J connectivity index is 1.19. The number of rotatable bonds is 6. The van der Waals surface area contributed by atoms with Crippen LogP contribution in [0.5, 0.6) is 5.75 Å². The molecule has 12 heteroatoms. The maximum absolute atomic E-state index is 14.5. The van der Waals surface area contributed by atoms with Gasteiger partial charge < -0.3 is 19.2 Å². The summed E-state index contributed by atoms with van der Waals surface area (Å²) >= 11 is 3.11. The second-order valence-corrected chi connectivity index (χ2v) is 16.1. The minimum absolute atomic E-state index is 0.311. The Hall–Kier alpha value is -5.17. The summed E-state index contributed by atoms with van der Waals surface area (Å²) in [5, 5.41) is 5.41. The lowest BCUT2D eigenvalue weighted by Gasteiger charge is -2.31. The molecule has 53 heavy (non-hydrogen) atoms. The summed E-state index contributed by atoms with van der Waals surface area (Å²) in [5.74, 6) is -0.394. The third kappa shape index (κ3) is 7.01. The minimum Gasteiger partial charge on any atom is -0.496 e. The number of amides is 1. The van der Waals surface area contributed by atoms with E-state index in [4.69, 9.17) is 24.3 Å². The number of thiazole rings is 1. The number of nitrogens with zero attached hydrogens (tertiary/aromatic N) is 4. The number of aromatic nitrogens is 2. The lowest BCUT2D eigenvalue weighted by atomic mass is 9.94. The minimum atomic E-state index is -0.564. The number of carbonyl (C=O) groups excluding carboxylic acids is 2. The molecule has 0 saturated carbocycles. The van der Waals surface area contributed by atoms with Crippen LogP contribution in [-0.4, -0.2) is 57.8 Å². The number of hydroxylamine groups is 2. The molecule has 3 aromatic heterocycles. The summed E-state index contributed by atoms with van der Waals surface area (Å²) < 4.78 is 26.9. The van der Waals surface area contributed by atoms with E-state index < -0.39 is 17.4 Å². The van der Waals surface area contributed by atoms with Gasteiger partial charge in [-0.1, -0.05) is 30.3 Å². The first kappa shape index (κ1) is 34.9. The quantitative estimate of drug-likeness (QED) is 0.166. The van der Waals surface area contributed by atoms with Crippen LogP contribution in [0.2, 0.25) is 0 Å². The first-order valence-electron chi connectivity index (χ1n) is 17.4. The Morgan fingerprint density at radius 1 is 0.887 bits per heavy atom. The maximum atomic E-state index is 14.5. The second kappa shape index (κ2) is 14.0. The van der Waals surface area contributed by atoms with Crippen molar-refractivity contribution in [1.29, 1.82) is 0 Å². The van der Waals surface area contributed by atoms with Gasteiger partial charge in [-0.05, 0) is 80.1 Å². The predicted molar refractivity (Wildman–Crippen MR) is 204 cm³/mol. The summed E-state index contributed by atoms with van der Waals surface area (Å²) in [5.41, 5.74) is 7.07. The molecule has 8 rings (SSSR count). The van der Waals surface area contributed by atoms with Crippen molar-refractivity contribution >= 4 is 44.8 Å². The highest BCUT2D eigenvalue weighted by Crippen LogP contribution is 2.47. The molecule has 270 valence electrons. The van der Waals surface area contributed by atoms with Crippen LogP contribution in [-0.2, 0) is 35.5 Å². The Kier molecular flexibility index (Phi) is 9.21. The summed E-state index contributed by atoms with van der Waals surface area (Å²) in [4.78, 5) is 44.7. The van der Waals surface area contributed by atoms with E-state index in [2.05, 4.69) is 24.3 Å². The molecule has 0 spiro atoms. The number of thiophene rings is 1. The van der Waals surface area contributed by atoms with E-state index in [9.17, 15) is 14.0 Å². The average Bonchev–Trinajstić information content (AvgIpc) is 3.81. The van der Waals surface area contributed by atoms with Gasteiger partial charge in [0.2, 0.25) is 0 Å². The predicted octanol–water partition coefficient (Wildman–Crippen LogP) is 9.32. The Morgan fingerprint density at radius 2 is 1.72 bits per heavy atom. The van der Waals surface area contributed by atoms with Crippen LogP contribution in [0.3, 0.4) is 0 Å². The number of carbonyl (C=O) groups is 2. The normalized spacial score (nSPS) is 14.5. The van der Waals surface area contributed by atoms with Gasteiger partial charge in [-0.3, -0.25) is 0 Å². The number of methoxy groups -OCH3 is 1. The molecule has 0 bridgehead atoms. The summed E-state index contributed by atoms with van der Waals surface area (Å²) in [6, 6.07) is 21.9. The largest absolute Gasteiger partial charge is 0.496 e. The number of hydrogen-bond acceptors (Lipinski definition) is 10. The molecular weight excluding hydrogens is 712 g/mol. The first-order valence-corrected chi connectivity index (χ1v) is 19.1. The Bertz CT molecular complexity index is 2370. The molecule has 0 atom stereocenters. The molecular formula is C41H37FN4O5S2. The smallest absolute Gasteiger partial charge is 0.410 e. The molecule has 0 unspecified atom stereocenters. The van der Waals surface area contributed by atoms with Crippen molar-refractivity contribution in [3.63, 3.8) is 0 Å². The van der Waals surface area contributed by atoms with Crippen LogP contribution in [0.1, 0.15) is 52.8 Å². The molecule has 2 aliphatic rings. The fraction of sp³-hybridized carbons (Fsp3) is 0.268. The molecule has 3 aromatic carbocycles. The fourth-order valence-corrected chi connectivity index (χ4v) is 8.86. The zero-order valence-electron chi connectivity index (χ0n) is 29.8. The van der Waals surface area contributed by atoms with Crippen LogP contribution >= 0.6 is 22.7 Å². The molecule has 5 heterocycles. The van der Waals surface area contributed by atoms with Crippen LogP contribution in [0, 0.1) is 5.82 Å². The second-order valence-electron chi connectivity index (χ2n) is 14.1. The average molecular weight is 749 g/mol. The molecule has 9 nitrogen and oxygen atoms in total. The van der Waals surface area contributed by atoms with Crippen LogP contribution in [0.15, 0.2) is 78.2 Å². The van der Waals surface area contributed by atoms with Crippen molar-refractivity contribution < 1.29 is 28.3 Å². The fourth-order valence-electron chi connectivity index (χ4n) is 6.80. The van der Waals surface area contributed by atoms with E-state index in [1.54, 1.807) is 39.5 Å². The molecule has 2 aliphatic heterocycles. The van der Waals surface area contributed by atoms with Crippen molar-refractivity contribution in [3.8, 4) is 38.8 Å². The highest BCUT2D eigenvalue weighted by atomic mass is 32.1. The number of halogens is 1. The topological polar surface area (TPSA) is 94.1 Å². The first-order chi connectivity index (χ1) is 25.5. The van der Waals surface area contributed by atoms with Gasteiger partial charge in [0, 0.05) is 63.8 Å². The van der Waals surface area contributed by atoms with Crippen molar-refractivity contribution in [2.75, 3.05) is 20.2 Å². The van der Waals surface area contributed by atoms with E-state index in [1.807, 2.05) is 44.4 Å². The SMILES string of the molecule is COc1cc(F)ccc1-c1c(-c2nc3c(s2)CN(OC(=O)c2ccccc2)CC3)nc(-c2ccc3c(c2)CCN(C(=O)OC(C)(C)C)C3)c2ccsc12. The van der Waals surface area contributed by atoms with Gasteiger partial charge in [-0.2, -0.15) is 0 Å². The van der Waals surface area contributed by atoms with Crippen molar-refractivity contribution in [1.82, 2.24) is 19.9 Å². The summed E-state index contributed by atoms with van der Waals surface area (Å²) in [7, 11) is 1.54. The lowest BCUT2D eigenvalue weighted by Crippen LogP contribution is -2.39. The van der Waals surface area contributed by atoms with Gasteiger partial charge in [-0.15, -0.1) is 27.7 Å². The van der Waals surface area contributed by atoms with E-state index in [-0.39, 0.29) is 6.09 Å². The third-order valence-corrected chi connectivity index (χ3v) is 11.3. The van der Waals surface area contributed by atoms with Crippen LogP contribution in [0.4, 0.5) is 9.18 Å². The van der Waals surface area contributed by atoms with Gasteiger partial charge in [-0.25, -0.2) is 23.9 Å². The maximum Gasteiger partial charge on any atom is 0.410 e. The lowest BCUT2D eigenvalue weighted by molar-refractivity contribution is -0.119. The van der Waals surface area contributed by atoms with Crippen molar-refractivity contribution in [3.05, 3.63) is 111 Å². The molecule has 1 amide bonds. The van der Waals surface area contributed by atoms with Crippen LogP contribution in [0.25, 0.3) is 43.2 Å². The zero-order valence-corrected chi connectivity index (χ0v) is 31.4. The number of ether oxygens (including phenoxy) is 2. The summed E-state index contributed by atoms with van der Waals surface area (Å²) in [6.07, 6.45) is 0.980. The van der Waals surface area contributed by atoms with E-state index in [0.717, 1.165) is 59.2 Å². The molecule has 0 saturated heterocycles. The highest BCUT2D eigenvalue weighted by Gasteiger charge is 2.30. The molecule has 0 aliphatic carbocycles. The summed E-state index contributed by atoms with van der Waals surface area (Å²) in [6.45, 7) is 7.57. The van der Waals surface area contributed by atoms with Gasteiger partial charge in [0.25, 0.3) is 0 Å². The Labute approximate surface area is 314 Å². The van der Waals surface area contributed by atoms with Gasteiger partial charge in [0.05, 0.1) is 30.6 Å². The van der Waals surface area contributed by atoms with E-state index in [0.29, 0.717) is 56.0 Å². The van der Waals surface area contributed by atoms with Gasteiger partial charge in [0.1, 0.15) is 27.9 Å². The Morgan fingerprint density at radius 3 is 2.51 bits per heavy atom. The van der Waals surface area contributed by atoms with Crippen LogP contribution < -0.4 is 4.74 Å². The molecule has 0 N–H and O–H groups in total. The zero-order chi connectivity index (χ0) is 36.9.